The molecule has 0 saturated heterocycles. The Balaban J connectivity index is 1.71. The normalized spacial score (nSPS) is 22.1. The number of hydrogen-bond donors (Lipinski definition) is 2. The molecule has 2 amide bonds. The number of fused-ring (bicyclic) bond motifs is 3. The minimum absolute atomic E-state index is 0.0126. The van der Waals surface area contributed by atoms with Crippen molar-refractivity contribution in [3.05, 3.63) is 82.8 Å². The van der Waals surface area contributed by atoms with Gasteiger partial charge in [0, 0.05) is 48.7 Å². The summed E-state index contributed by atoms with van der Waals surface area (Å²) in [6.45, 7) is 3.71. The van der Waals surface area contributed by atoms with Gasteiger partial charge < -0.3 is 16.0 Å². The summed E-state index contributed by atoms with van der Waals surface area (Å²) < 4.78 is 0. The number of nitrogens with one attached hydrogen (secondary N) is 1. The Morgan fingerprint density at radius 3 is 2.39 bits per heavy atom. The van der Waals surface area contributed by atoms with E-state index in [1.165, 1.54) is 4.90 Å². The lowest BCUT2D eigenvalue weighted by Crippen LogP contribution is -2.56. The van der Waals surface area contributed by atoms with Gasteiger partial charge in [0.05, 0.1) is 5.57 Å². The summed E-state index contributed by atoms with van der Waals surface area (Å²) in [6.07, 6.45) is 0.703. The average Bonchev–Trinajstić information content (AvgIpc) is 3.07. The molecule has 2 aromatic carbocycles. The molecule has 194 valence electrons. The smallest absolute Gasteiger partial charge is 0.248 e. The Morgan fingerprint density at radius 1 is 1.08 bits per heavy atom. The van der Waals surface area contributed by atoms with E-state index in [-0.39, 0.29) is 41.1 Å². The summed E-state index contributed by atoms with van der Waals surface area (Å²) in [5, 5.41) is 16.7. The molecule has 0 fully saturated rings. The standard InChI is InChI=1S/C29H30N6O3/c1-28(2)14-22-25(23(36)15-28)29(20(16-30)26(31)35(22)33(3)4)19-12-8-9-13-21(19)34(27(29)38)17-24(37)32-18-10-6-5-7-11-18/h5-13H,14-15,17,31H2,1-4H3,(H,32,37)/t29-/m1/s1. The Kier molecular flexibility index (Phi) is 5.88. The fourth-order valence-electron chi connectivity index (χ4n) is 6.02. The highest BCUT2D eigenvalue weighted by Crippen LogP contribution is 2.57. The van der Waals surface area contributed by atoms with Gasteiger partial charge in [-0.3, -0.25) is 19.4 Å². The molecule has 38 heavy (non-hydrogen) atoms. The summed E-state index contributed by atoms with van der Waals surface area (Å²) in [5.41, 5.74) is 6.96. The van der Waals surface area contributed by atoms with Crippen molar-refractivity contribution in [3.63, 3.8) is 0 Å². The van der Waals surface area contributed by atoms with Gasteiger partial charge in [0.2, 0.25) is 11.8 Å². The molecule has 0 unspecified atom stereocenters. The number of rotatable bonds is 4. The first-order valence-electron chi connectivity index (χ1n) is 12.4. The van der Waals surface area contributed by atoms with Crippen molar-refractivity contribution in [2.45, 2.75) is 32.1 Å². The number of nitrogens with two attached hydrogens (primary N) is 1. The molecule has 2 heterocycles. The number of para-hydroxylation sites is 2. The van der Waals surface area contributed by atoms with Crippen molar-refractivity contribution < 1.29 is 14.4 Å². The summed E-state index contributed by atoms with van der Waals surface area (Å²) in [6, 6.07) is 18.2. The average molecular weight is 511 g/mol. The van der Waals surface area contributed by atoms with Crippen molar-refractivity contribution in [2.24, 2.45) is 11.1 Å². The largest absolute Gasteiger partial charge is 0.383 e. The van der Waals surface area contributed by atoms with E-state index < -0.39 is 17.2 Å². The topological polar surface area (TPSA) is 123 Å². The highest BCUT2D eigenvalue weighted by Gasteiger charge is 2.63. The predicted octanol–water partition coefficient (Wildman–Crippen LogP) is 3.04. The van der Waals surface area contributed by atoms with Crippen LogP contribution in [0.3, 0.4) is 0 Å². The molecule has 1 atom stereocenters. The Bertz CT molecular complexity index is 1470. The fraction of sp³-hybridized carbons (Fsp3) is 0.310. The Labute approximate surface area is 221 Å². The number of amides is 2. The number of ketones is 1. The van der Waals surface area contributed by atoms with Crippen molar-refractivity contribution in [3.8, 4) is 6.07 Å². The Morgan fingerprint density at radius 2 is 1.74 bits per heavy atom. The van der Waals surface area contributed by atoms with E-state index in [2.05, 4.69) is 11.4 Å². The van der Waals surface area contributed by atoms with Gasteiger partial charge in [-0.2, -0.15) is 5.26 Å². The lowest BCUT2D eigenvalue weighted by atomic mass is 9.61. The molecular weight excluding hydrogens is 480 g/mol. The zero-order valence-corrected chi connectivity index (χ0v) is 21.9. The van der Waals surface area contributed by atoms with Crippen molar-refractivity contribution in [2.75, 3.05) is 30.9 Å². The first-order chi connectivity index (χ1) is 18.0. The highest BCUT2D eigenvalue weighted by atomic mass is 16.2. The zero-order valence-electron chi connectivity index (χ0n) is 21.9. The van der Waals surface area contributed by atoms with E-state index >= 15 is 0 Å². The second-order valence-electron chi connectivity index (χ2n) is 10.9. The van der Waals surface area contributed by atoms with Gasteiger partial charge in [-0.1, -0.05) is 50.2 Å². The van der Waals surface area contributed by atoms with Gasteiger partial charge in [0.15, 0.2) is 5.78 Å². The molecular formula is C29H30N6O3. The molecule has 1 aliphatic carbocycles. The number of hydrogen-bond acceptors (Lipinski definition) is 7. The summed E-state index contributed by atoms with van der Waals surface area (Å²) >= 11 is 0. The minimum atomic E-state index is -1.72. The number of anilines is 2. The molecule has 5 rings (SSSR count). The van der Waals surface area contributed by atoms with Crippen LogP contribution in [-0.2, 0) is 19.8 Å². The number of Topliss-reactive ketones (excluding diaryl/α,β-unsaturated/α-hetero) is 1. The molecule has 9 nitrogen and oxygen atoms in total. The molecule has 0 aromatic heterocycles. The lowest BCUT2D eigenvalue weighted by molar-refractivity contribution is -0.126. The SMILES string of the molecule is CN(C)N1C(N)=C(C#N)[C@@]2(C(=O)N(CC(=O)Nc3ccccc3)c3ccccc32)C2=C1CC(C)(C)CC2=O. The summed E-state index contributed by atoms with van der Waals surface area (Å²) in [5.74, 6) is -1.04. The van der Waals surface area contributed by atoms with Gasteiger partial charge >= 0.3 is 0 Å². The Hall–Kier alpha value is -4.42. The number of allylic oxidation sites excluding steroid dienone is 1. The van der Waals surface area contributed by atoms with Crippen LogP contribution in [0.25, 0.3) is 0 Å². The molecule has 3 aliphatic rings. The van der Waals surface area contributed by atoms with Crippen LogP contribution in [0.4, 0.5) is 11.4 Å². The third-order valence-electron chi connectivity index (χ3n) is 7.38. The van der Waals surface area contributed by atoms with Gasteiger partial charge in [0.1, 0.15) is 23.8 Å². The summed E-state index contributed by atoms with van der Waals surface area (Å²) in [4.78, 5) is 43.0. The highest BCUT2D eigenvalue weighted by molar-refractivity contribution is 6.21. The van der Waals surface area contributed by atoms with E-state index in [4.69, 9.17) is 5.73 Å². The van der Waals surface area contributed by atoms with Crippen molar-refractivity contribution in [1.29, 1.82) is 5.26 Å². The fourth-order valence-corrected chi connectivity index (χ4v) is 6.02. The molecule has 2 aromatic rings. The van der Waals surface area contributed by atoms with Gasteiger partial charge in [0.25, 0.3) is 0 Å². The molecule has 0 bridgehead atoms. The number of nitriles is 1. The van der Waals surface area contributed by atoms with Crippen LogP contribution < -0.4 is 16.0 Å². The predicted molar refractivity (Wildman–Crippen MR) is 143 cm³/mol. The third-order valence-corrected chi connectivity index (χ3v) is 7.38. The van der Waals surface area contributed by atoms with E-state index in [1.54, 1.807) is 72.6 Å². The van der Waals surface area contributed by atoms with Crippen molar-refractivity contribution in [1.82, 2.24) is 10.0 Å². The summed E-state index contributed by atoms with van der Waals surface area (Å²) in [7, 11) is 3.56. The van der Waals surface area contributed by atoms with Gasteiger partial charge in [-0.05, 0) is 30.0 Å². The second kappa shape index (κ2) is 8.85. The quantitative estimate of drug-likeness (QED) is 0.648. The molecule has 0 radical (unpaired) electrons. The van der Waals surface area contributed by atoms with E-state index in [9.17, 15) is 19.6 Å². The van der Waals surface area contributed by atoms with E-state index in [0.29, 0.717) is 29.1 Å². The molecule has 9 heteroatoms. The van der Waals surface area contributed by atoms with Gasteiger partial charge in [-0.25, -0.2) is 5.01 Å². The molecule has 0 saturated carbocycles. The maximum absolute atomic E-state index is 14.6. The third kappa shape index (κ3) is 3.60. The number of carbonyl (C=O) groups excluding carboxylic acids is 3. The van der Waals surface area contributed by atoms with Crippen LogP contribution in [0.1, 0.15) is 32.3 Å². The number of hydrazine groups is 1. The first kappa shape index (κ1) is 25.2. The number of carbonyl (C=O) groups is 3. The maximum atomic E-state index is 14.6. The zero-order chi connectivity index (χ0) is 27.4. The first-order valence-corrected chi connectivity index (χ1v) is 12.4. The van der Waals surface area contributed by atoms with Crippen LogP contribution >= 0.6 is 0 Å². The van der Waals surface area contributed by atoms with Crippen molar-refractivity contribution >= 4 is 29.0 Å². The number of nitrogens with zero attached hydrogens (tertiary/aromatic N) is 4. The number of benzene rings is 2. The van der Waals surface area contributed by atoms with E-state index in [0.717, 1.165) is 0 Å². The van der Waals surface area contributed by atoms with Crippen LogP contribution in [0.2, 0.25) is 0 Å². The minimum Gasteiger partial charge on any atom is -0.383 e. The van der Waals surface area contributed by atoms with Crippen LogP contribution in [0.5, 0.6) is 0 Å². The monoisotopic (exact) mass is 510 g/mol. The lowest BCUT2D eigenvalue weighted by Gasteiger charge is -2.48. The molecule has 2 aliphatic heterocycles. The second-order valence-corrected chi connectivity index (χ2v) is 10.9. The molecule has 3 N–H and O–H groups in total. The maximum Gasteiger partial charge on any atom is 0.248 e. The van der Waals surface area contributed by atoms with Gasteiger partial charge in [-0.15, -0.1) is 0 Å². The van der Waals surface area contributed by atoms with Crippen LogP contribution in [0.15, 0.2) is 77.3 Å². The van der Waals surface area contributed by atoms with E-state index in [1.807, 2.05) is 19.9 Å². The molecule has 1 spiro atoms. The van der Waals surface area contributed by atoms with Crippen LogP contribution in [-0.4, -0.2) is 48.3 Å². The van der Waals surface area contributed by atoms with Crippen LogP contribution in [0, 0.1) is 16.7 Å².